The summed E-state index contributed by atoms with van der Waals surface area (Å²) in [6.07, 6.45) is 6.86. The highest BCUT2D eigenvalue weighted by Crippen LogP contribution is 2.08. The fourth-order valence-corrected chi connectivity index (χ4v) is 1.07. The van der Waals surface area contributed by atoms with Crippen LogP contribution in [-0.2, 0) is 0 Å². The third-order valence-electron chi connectivity index (χ3n) is 1.55. The first kappa shape index (κ1) is 10.2. The fourth-order valence-electron chi connectivity index (χ4n) is 0.916. The fraction of sp³-hybridized carbons (Fsp3) is 1.00. The lowest BCUT2D eigenvalue weighted by Gasteiger charge is -2.00. The van der Waals surface area contributed by atoms with Crippen LogP contribution in [0, 0.1) is 0 Å². The molecule has 0 radical (unpaired) electrons. The van der Waals surface area contributed by atoms with Crippen LogP contribution >= 0.6 is 11.6 Å². The van der Waals surface area contributed by atoms with Crippen molar-refractivity contribution in [2.75, 3.05) is 0 Å². The molecule has 0 rings (SSSR count). The molecule has 1 nitrogen and oxygen atoms in total. The molecule has 0 aliphatic rings. The summed E-state index contributed by atoms with van der Waals surface area (Å²) in [5.74, 6) is 0. The maximum absolute atomic E-state index is 8.67. The van der Waals surface area contributed by atoms with Crippen LogP contribution in [0.5, 0.6) is 0 Å². The second-order valence-corrected chi connectivity index (χ2v) is 3.14. The van der Waals surface area contributed by atoms with E-state index in [0.29, 0.717) is 0 Å². The van der Waals surface area contributed by atoms with Gasteiger partial charge in [0.1, 0.15) is 5.56 Å². The molecule has 0 heterocycles. The smallest absolute Gasteiger partial charge is 0.128 e. The summed E-state index contributed by atoms with van der Waals surface area (Å²) < 4.78 is 0. The number of alkyl halides is 1. The van der Waals surface area contributed by atoms with Gasteiger partial charge in [-0.15, -0.1) is 0 Å². The minimum atomic E-state index is -0.623. The molecule has 0 unspecified atom stereocenters. The Morgan fingerprint density at radius 3 is 2.30 bits per heavy atom. The molecule has 0 saturated carbocycles. The van der Waals surface area contributed by atoms with Crippen LogP contribution in [0.4, 0.5) is 0 Å². The third-order valence-corrected chi connectivity index (χ3v) is 1.76. The molecule has 0 fully saturated rings. The highest BCUT2D eigenvalue weighted by molar-refractivity contribution is 6.19. The minimum Gasteiger partial charge on any atom is -0.378 e. The minimum absolute atomic E-state index is 0.623. The monoisotopic (exact) mass is 164 g/mol. The predicted molar refractivity (Wildman–Crippen MR) is 45.2 cm³/mol. The molecule has 0 spiro atoms. The Kier molecular flexibility index (Phi) is 7.54. The summed E-state index contributed by atoms with van der Waals surface area (Å²) in [5, 5.41) is 8.67. The first-order valence-corrected chi connectivity index (χ1v) is 4.53. The predicted octanol–water partition coefficient (Wildman–Crippen LogP) is 2.90. The van der Waals surface area contributed by atoms with Crippen molar-refractivity contribution >= 4 is 11.6 Å². The second kappa shape index (κ2) is 7.36. The summed E-state index contributed by atoms with van der Waals surface area (Å²) >= 11 is 5.35. The topological polar surface area (TPSA) is 20.2 Å². The lowest BCUT2D eigenvalue weighted by molar-refractivity contribution is 0.240. The maximum atomic E-state index is 8.67. The molecule has 62 valence electrons. The molecule has 1 N–H and O–H groups in total. The van der Waals surface area contributed by atoms with Gasteiger partial charge in [-0.2, -0.15) is 0 Å². The van der Waals surface area contributed by atoms with E-state index < -0.39 is 5.56 Å². The van der Waals surface area contributed by atoms with E-state index in [1.54, 1.807) is 0 Å². The Morgan fingerprint density at radius 1 is 1.20 bits per heavy atom. The molecule has 0 amide bonds. The molecule has 0 bridgehead atoms. The Hall–Kier alpha value is 0.250. The molecule has 0 aliphatic carbocycles. The van der Waals surface area contributed by atoms with Crippen LogP contribution in [0.2, 0.25) is 0 Å². The molecule has 0 aromatic heterocycles. The first-order chi connectivity index (χ1) is 4.77. The van der Waals surface area contributed by atoms with E-state index in [9.17, 15) is 0 Å². The van der Waals surface area contributed by atoms with Gasteiger partial charge >= 0.3 is 0 Å². The van der Waals surface area contributed by atoms with E-state index in [4.69, 9.17) is 16.7 Å². The number of aliphatic hydroxyl groups excluding tert-OH is 1. The van der Waals surface area contributed by atoms with Gasteiger partial charge < -0.3 is 5.11 Å². The number of hydrogen-bond donors (Lipinski definition) is 1. The Labute approximate surface area is 68.4 Å². The van der Waals surface area contributed by atoms with E-state index in [2.05, 4.69) is 6.92 Å². The van der Waals surface area contributed by atoms with Gasteiger partial charge in [-0.25, -0.2) is 0 Å². The van der Waals surface area contributed by atoms with Crippen molar-refractivity contribution < 1.29 is 5.11 Å². The molecule has 0 aromatic carbocycles. The molecular formula is C8H17ClO. The lowest BCUT2D eigenvalue weighted by atomic mass is 10.1. The Balaban J connectivity index is 2.77. The Morgan fingerprint density at radius 2 is 1.80 bits per heavy atom. The summed E-state index contributed by atoms with van der Waals surface area (Å²) in [6, 6.07) is 0. The lowest BCUT2D eigenvalue weighted by Crippen LogP contribution is -1.94. The zero-order valence-electron chi connectivity index (χ0n) is 6.65. The van der Waals surface area contributed by atoms with Gasteiger partial charge in [-0.05, 0) is 12.8 Å². The van der Waals surface area contributed by atoms with Gasteiger partial charge in [0.05, 0.1) is 0 Å². The number of aliphatic hydroxyl groups is 1. The van der Waals surface area contributed by atoms with E-state index in [1.165, 1.54) is 25.7 Å². The third kappa shape index (κ3) is 8.25. The van der Waals surface area contributed by atoms with Gasteiger partial charge in [-0.1, -0.05) is 44.2 Å². The summed E-state index contributed by atoms with van der Waals surface area (Å²) in [4.78, 5) is 0. The quantitative estimate of drug-likeness (QED) is 0.473. The molecule has 1 atom stereocenters. The standard InChI is InChI=1S/C8H17ClO/c1-2-3-4-5-6-7-8(9)10/h8,10H,2-7H2,1H3/t8-/m1/s1. The van der Waals surface area contributed by atoms with Crippen molar-refractivity contribution in [1.29, 1.82) is 0 Å². The summed E-state index contributed by atoms with van der Waals surface area (Å²) in [5.41, 5.74) is -0.623. The number of rotatable bonds is 6. The summed E-state index contributed by atoms with van der Waals surface area (Å²) in [6.45, 7) is 2.19. The molecule has 2 heteroatoms. The van der Waals surface area contributed by atoms with E-state index >= 15 is 0 Å². The van der Waals surface area contributed by atoms with Crippen LogP contribution in [0.25, 0.3) is 0 Å². The van der Waals surface area contributed by atoms with Crippen molar-refractivity contribution in [3.63, 3.8) is 0 Å². The van der Waals surface area contributed by atoms with Crippen molar-refractivity contribution in [2.24, 2.45) is 0 Å². The molecule has 10 heavy (non-hydrogen) atoms. The zero-order chi connectivity index (χ0) is 7.82. The van der Waals surface area contributed by atoms with Crippen LogP contribution in [0.1, 0.15) is 45.4 Å². The van der Waals surface area contributed by atoms with Crippen LogP contribution in [0.3, 0.4) is 0 Å². The number of halogens is 1. The molecule has 0 saturated heterocycles. The van der Waals surface area contributed by atoms with Crippen molar-refractivity contribution in [2.45, 2.75) is 51.0 Å². The van der Waals surface area contributed by atoms with Gasteiger partial charge in [0.25, 0.3) is 0 Å². The number of hydrogen-bond acceptors (Lipinski definition) is 1. The van der Waals surface area contributed by atoms with Gasteiger partial charge in [-0.3, -0.25) is 0 Å². The SMILES string of the molecule is CCCCCCC[C@@H](O)Cl. The van der Waals surface area contributed by atoms with Crippen LogP contribution < -0.4 is 0 Å². The first-order valence-electron chi connectivity index (χ1n) is 4.09. The van der Waals surface area contributed by atoms with Crippen molar-refractivity contribution in [3.8, 4) is 0 Å². The van der Waals surface area contributed by atoms with Gasteiger partial charge in [0.2, 0.25) is 0 Å². The highest BCUT2D eigenvalue weighted by Gasteiger charge is 1.95. The molecule has 0 aliphatic heterocycles. The van der Waals surface area contributed by atoms with Gasteiger partial charge in [0.15, 0.2) is 0 Å². The van der Waals surface area contributed by atoms with Gasteiger partial charge in [0, 0.05) is 0 Å². The van der Waals surface area contributed by atoms with Crippen LogP contribution in [-0.4, -0.2) is 10.7 Å². The largest absolute Gasteiger partial charge is 0.378 e. The van der Waals surface area contributed by atoms with E-state index in [1.807, 2.05) is 0 Å². The van der Waals surface area contributed by atoms with Crippen molar-refractivity contribution in [1.82, 2.24) is 0 Å². The summed E-state index contributed by atoms with van der Waals surface area (Å²) in [7, 11) is 0. The normalized spacial score (nSPS) is 13.5. The van der Waals surface area contributed by atoms with Crippen LogP contribution in [0.15, 0.2) is 0 Å². The van der Waals surface area contributed by atoms with E-state index in [-0.39, 0.29) is 0 Å². The van der Waals surface area contributed by atoms with E-state index in [0.717, 1.165) is 12.8 Å². The Bertz CT molecular complexity index is 64.3. The molecule has 0 aromatic rings. The zero-order valence-corrected chi connectivity index (χ0v) is 7.40. The maximum Gasteiger partial charge on any atom is 0.128 e. The number of unbranched alkanes of at least 4 members (excludes halogenated alkanes) is 4. The highest BCUT2D eigenvalue weighted by atomic mass is 35.5. The average Bonchev–Trinajstić information content (AvgIpc) is 1.87. The second-order valence-electron chi connectivity index (χ2n) is 2.64. The molecular weight excluding hydrogens is 148 g/mol. The average molecular weight is 165 g/mol. The van der Waals surface area contributed by atoms with Crippen molar-refractivity contribution in [3.05, 3.63) is 0 Å².